The standard InChI is InChI=1S/C25H41FO4/c1-16(30-13-12-24(2,3)29)19-9-10-20-18(6-5-11-25(19,20)4)8-7-17-14-21(27)23(26)22(28)15-17/h7-8,16,19-23,27-29H,5-6,9-15H2,1-4H3/b17-7?,18-8+/t16-,19+,20-,21+,22+,23?,25+/m0/s1. The summed E-state index contributed by atoms with van der Waals surface area (Å²) in [7, 11) is 0. The Morgan fingerprint density at radius 3 is 2.50 bits per heavy atom. The fourth-order valence-corrected chi connectivity index (χ4v) is 6.12. The predicted molar refractivity (Wildman–Crippen MR) is 117 cm³/mol. The maximum atomic E-state index is 13.7. The highest BCUT2D eigenvalue weighted by molar-refractivity contribution is 5.26. The summed E-state index contributed by atoms with van der Waals surface area (Å²) in [5, 5.41) is 29.6. The Labute approximate surface area is 181 Å². The summed E-state index contributed by atoms with van der Waals surface area (Å²) in [4.78, 5) is 0. The summed E-state index contributed by atoms with van der Waals surface area (Å²) in [6.07, 6.45) is 7.65. The van der Waals surface area contributed by atoms with Crippen LogP contribution in [-0.4, -0.2) is 52.0 Å². The zero-order valence-corrected chi connectivity index (χ0v) is 19.1. The third kappa shape index (κ3) is 5.35. The second-order valence-electron chi connectivity index (χ2n) is 10.8. The van der Waals surface area contributed by atoms with Gasteiger partial charge in [-0.15, -0.1) is 0 Å². The van der Waals surface area contributed by atoms with Gasteiger partial charge >= 0.3 is 0 Å². The summed E-state index contributed by atoms with van der Waals surface area (Å²) in [6.45, 7) is 8.81. The van der Waals surface area contributed by atoms with E-state index in [9.17, 15) is 19.7 Å². The molecule has 4 nitrogen and oxygen atoms in total. The average Bonchev–Trinajstić information content (AvgIpc) is 3.00. The molecule has 0 aromatic heterocycles. The van der Waals surface area contributed by atoms with Gasteiger partial charge in [-0.2, -0.15) is 0 Å². The first-order chi connectivity index (χ1) is 14.0. The number of ether oxygens (including phenoxy) is 1. The molecule has 0 bridgehead atoms. The second-order valence-corrected chi connectivity index (χ2v) is 10.8. The van der Waals surface area contributed by atoms with E-state index in [1.807, 2.05) is 19.9 Å². The lowest BCUT2D eigenvalue weighted by atomic mass is 9.62. The van der Waals surface area contributed by atoms with Gasteiger partial charge in [-0.25, -0.2) is 4.39 Å². The van der Waals surface area contributed by atoms with Gasteiger partial charge in [-0.05, 0) is 89.4 Å². The van der Waals surface area contributed by atoms with Crippen molar-refractivity contribution in [3.05, 3.63) is 23.3 Å². The highest BCUT2D eigenvalue weighted by atomic mass is 19.1. The Morgan fingerprint density at radius 1 is 1.20 bits per heavy atom. The second kappa shape index (κ2) is 9.40. The molecule has 3 aliphatic carbocycles. The van der Waals surface area contributed by atoms with Crippen LogP contribution >= 0.6 is 0 Å². The minimum absolute atomic E-state index is 0.171. The Hall–Kier alpha value is -0.750. The van der Waals surface area contributed by atoms with Gasteiger partial charge in [0.25, 0.3) is 0 Å². The third-order valence-electron chi connectivity index (χ3n) is 7.91. The van der Waals surface area contributed by atoms with Crippen LogP contribution in [0.5, 0.6) is 0 Å². The van der Waals surface area contributed by atoms with Crippen LogP contribution in [0.3, 0.4) is 0 Å². The Morgan fingerprint density at radius 2 is 1.87 bits per heavy atom. The van der Waals surface area contributed by atoms with Crippen LogP contribution in [0.2, 0.25) is 0 Å². The molecule has 172 valence electrons. The molecule has 3 aliphatic rings. The molecule has 0 aromatic rings. The molecule has 0 aromatic carbocycles. The molecule has 5 heteroatoms. The van der Waals surface area contributed by atoms with Gasteiger partial charge in [0, 0.05) is 6.61 Å². The molecule has 30 heavy (non-hydrogen) atoms. The molecule has 0 saturated heterocycles. The van der Waals surface area contributed by atoms with Crippen LogP contribution in [0.15, 0.2) is 23.3 Å². The van der Waals surface area contributed by atoms with Gasteiger partial charge in [0.2, 0.25) is 0 Å². The Kier molecular flexibility index (Phi) is 7.49. The van der Waals surface area contributed by atoms with Gasteiger partial charge in [-0.3, -0.25) is 0 Å². The molecular formula is C25H41FO4. The molecule has 6 atom stereocenters. The molecular weight excluding hydrogens is 383 g/mol. The lowest BCUT2D eigenvalue weighted by Crippen LogP contribution is -2.39. The van der Waals surface area contributed by atoms with Crippen LogP contribution in [0.4, 0.5) is 4.39 Å². The van der Waals surface area contributed by atoms with Gasteiger partial charge in [-0.1, -0.05) is 30.2 Å². The van der Waals surface area contributed by atoms with E-state index in [1.165, 1.54) is 12.0 Å². The zero-order chi connectivity index (χ0) is 22.1. The number of alkyl halides is 1. The van der Waals surface area contributed by atoms with Crippen molar-refractivity contribution in [3.8, 4) is 0 Å². The van der Waals surface area contributed by atoms with Crippen molar-refractivity contribution in [2.24, 2.45) is 17.3 Å². The van der Waals surface area contributed by atoms with Crippen LogP contribution in [-0.2, 0) is 4.74 Å². The van der Waals surface area contributed by atoms with E-state index in [0.29, 0.717) is 37.7 Å². The summed E-state index contributed by atoms with van der Waals surface area (Å²) < 4.78 is 19.8. The number of hydrogen-bond acceptors (Lipinski definition) is 4. The summed E-state index contributed by atoms with van der Waals surface area (Å²) >= 11 is 0. The smallest absolute Gasteiger partial charge is 0.152 e. The lowest BCUT2D eigenvalue weighted by molar-refractivity contribution is -0.0454. The first-order valence-corrected chi connectivity index (χ1v) is 11.7. The van der Waals surface area contributed by atoms with E-state index >= 15 is 0 Å². The number of fused-ring (bicyclic) bond motifs is 1. The fraction of sp³-hybridized carbons (Fsp3) is 0.840. The quantitative estimate of drug-likeness (QED) is 0.588. The normalized spacial score (nSPS) is 39.8. The van der Waals surface area contributed by atoms with Crippen molar-refractivity contribution in [1.29, 1.82) is 0 Å². The Balaban J connectivity index is 1.67. The number of rotatable bonds is 6. The molecule has 0 heterocycles. The van der Waals surface area contributed by atoms with Crippen molar-refractivity contribution in [2.45, 2.75) is 109 Å². The Bertz CT molecular complexity index is 638. The van der Waals surface area contributed by atoms with Crippen LogP contribution < -0.4 is 0 Å². The average molecular weight is 425 g/mol. The minimum atomic E-state index is -1.54. The number of aliphatic hydroxyl groups is 3. The van der Waals surface area contributed by atoms with Gasteiger partial charge in [0.1, 0.15) is 0 Å². The van der Waals surface area contributed by atoms with Crippen molar-refractivity contribution < 1.29 is 24.4 Å². The molecule has 0 aliphatic heterocycles. The highest BCUT2D eigenvalue weighted by Crippen LogP contribution is 2.58. The molecule has 0 amide bonds. The molecule has 3 fully saturated rings. The SMILES string of the molecule is C[C@H](OCCC(C)(C)O)[C@H]1CC[C@H]2/C(=C/C=C3C[C@@H](O)C(F)[C@H](O)C3)CCC[C@]12C. The summed E-state index contributed by atoms with van der Waals surface area (Å²) in [5.74, 6) is 1.03. The van der Waals surface area contributed by atoms with Crippen LogP contribution in [0.25, 0.3) is 0 Å². The summed E-state index contributed by atoms with van der Waals surface area (Å²) in [6, 6.07) is 0. The maximum absolute atomic E-state index is 13.7. The van der Waals surface area contributed by atoms with Crippen LogP contribution in [0, 0.1) is 17.3 Å². The van der Waals surface area contributed by atoms with E-state index in [0.717, 1.165) is 31.3 Å². The first-order valence-electron chi connectivity index (χ1n) is 11.7. The van der Waals surface area contributed by atoms with Crippen molar-refractivity contribution in [3.63, 3.8) is 0 Å². The van der Waals surface area contributed by atoms with Crippen molar-refractivity contribution >= 4 is 0 Å². The topological polar surface area (TPSA) is 69.9 Å². The number of allylic oxidation sites excluding steroid dienone is 3. The van der Waals surface area contributed by atoms with E-state index < -0.39 is 24.0 Å². The van der Waals surface area contributed by atoms with Crippen LogP contribution in [0.1, 0.15) is 79.1 Å². The molecule has 3 rings (SSSR count). The number of halogens is 1. The molecule has 0 radical (unpaired) electrons. The zero-order valence-electron chi connectivity index (χ0n) is 19.1. The first kappa shape index (κ1) is 23.9. The molecule has 0 spiro atoms. The number of aliphatic hydroxyl groups excluding tert-OH is 2. The van der Waals surface area contributed by atoms with E-state index in [1.54, 1.807) is 0 Å². The number of hydrogen-bond donors (Lipinski definition) is 3. The molecule has 0 unspecified atom stereocenters. The minimum Gasteiger partial charge on any atom is -0.390 e. The maximum Gasteiger partial charge on any atom is 0.152 e. The molecule has 3 saturated carbocycles. The third-order valence-corrected chi connectivity index (χ3v) is 7.91. The monoisotopic (exact) mass is 424 g/mol. The predicted octanol–water partition coefficient (Wildman–Crippen LogP) is 4.48. The van der Waals surface area contributed by atoms with Gasteiger partial charge < -0.3 is 20.1 Å². The summed E-state index contributed by atoms with van der Waals surface area (Å²) in [5.41, 5.74) is 1.90. The largest absolute Gasteiger partial charge is 0.390 e. The van der Waals surface area contributed by atoms with Crippen molar-refractivity contribution in [1.82, 2.24) is 0 Å². The molecule has 3 N–H and O–H groups in total. The van der Waals surface area contributed by atoms with Crippen molar-refractivity contribution in [2.75, 3.05) is 6.61 Å². The van der Waals surface area contributed by atoms with E-state index in [2.05, 4.69) is 19.9 Å². The lowest BCUT2D eigenvalue weighted by Gasteiger charge is -2.44. The van der Waals surface area contributed by atoms with Gasteiger partial charge in [0.05, 0.1) is 23.9 Å². The van der Waals surface area contributed by atoms with Gasteiger partial charge in [0.15, 0.2) is 6.17 Å². The fourth-order valence-electron chi connectivity index (χ4n) is 6.12. The highest BCUT2D eigenvalue weighted by Gasteiger charge is 2.51. The van der Waals surface area contributed by atoms with E-state index in [4.69, 9.17) is 4.74 Å². The van der Waals surface area contributed by atoms with E-state index in [-0.39, 0.29) is 11.5 Å².